The maximum Gasteiger partial charge on any atom is 0.328 e. The first-order valence-electron chi connectivity index (χ1n) is 10.7. The van der Waals surface area contributed by atoms with Gasteiger partial charge in [-0.25, -0.2) is 9.79 Å². The Morgan fingerprint density at radius 1 is 1.00 bits per heavy atom. The molecule has 0 bridgehead atoms. The van der Waals surface area contributed by atoms with Crippen LogP contribution in [-0.2, 0) is 11.3 Å². The van der Waals surface area contributed by atoms with Gasteiger partial charge in [-0.1, -0.05) is 42.0 Å². The smallest absolute Gasteiger partial charge is 0.325 e. The number of urea groups is 1. The summed E-state index contributed by atoms with van der Waals surface area (Å²) in [6.45, 7) is 7.94. The number of hydrogen-bond acceptors (Lipinski definition) is 5. The summed E-state index contributed by atoms with van der Waals surface area (Å²) < 4.78 is 0. The van der Waals surface area contributed by atoms with Crippen molar-refractivity contribution < 1.29 is 9.59 Å². The number of benzene rings is 2. The van der Waals surface area contributed by atoms with Crippen LogP contribution in [0.3, 0.4) is 0 Å². The van der Waals surface area contributed by atoms with Crippen LogP contribution in [0.15, 0.2) is 47.5 Å². The lowest BCUT2D eigenvalue weighted by Crippen LogP contribution is -2.64. The molecule has 3 aliphatic rings. The molecular weight excluding hydrogens is 390 g/mol. The molecule has 0 saturated carbocycles. The summed E-state index contributed by atoms with van der Waals surface area (Å²) in [5.41, 5.74) is 5.54. The molecule has 0 N–H and O–H groups in total. The van der Waals surface area contributed by atoms with Gasteiger partial charge in [0.05, 0.1) is 6.54 Å². The third-order valence-electron chi connectivity index (χ3n) is 6.61. The molecule has 0 spiro atoms. The van der Waals surface area contributed by atoms with E-state index in [1.54, 1.807) is 11.9 Å². The molecule has 0 aliphatic carbocycles. The number of anilines is 1. The molecule has 2 atom stereocenters. The predicted octanol–water partition coefficient (Wildman–Crippen LogP) is 2.89. The third kappa shape index (κ3) is 2.99. The molecule has 2 aromatic carbocycles. The van der Waals surface area contributed by atoms with Crippen LogP contribution >= 0.6 is 0 Å². The molecule has 2 saturated heterocycles. The van der Waals surface area contributed by atoms with Crippen LogP contribution < -0.4 is 4.90 Å². The number of carbonyl (C=O) groups excluding carboxylic acids is 2. The third-order valence-corrected chi connectivity index (χ3v) is 6.61. The van der Waals surface area contributed by atoms with Gasteiger partial charge < -0.3 is 14.7 Å². The molecule has 2 aromatic rings. The second-order valence-corrected chi connectivity index (χ2v) is 8.67. The zero-order chi connectivity index (χ0) is 21.9. The first kappa shape index (κ1) is 19.6. The fourth-order valence-electron chi connectivity index (χ4n) is 4.88. The van der Waals surface area contributed by atoms with E-state index < -0.39 is 12.2 Å². The van der Waals surface area contributed by atoms with Crippen molar-refractivity contribution in [2.75, 3.05) is 25.0 Å². The first-order chi connectivity index (χ1) is 14.9. The highest BCUT2D eigenvalue weighted by Gasteiger charge is 2.54. The molecule has 0 radical (unpaired) electrons. The molecule has 31 heavy (non-hydrogen) atoms. The van der Waals surface area contributed by atoms with Gasteiger partial charge in [-0.2, -0.15) is 0 Å². The zero-order valence-electron chi connectivity index (χ0n) is 18.4. The number of imide groups is 1. The fraction of sp³-hybridized carbons (Fsp3) is 0.375. The zero-order valence-corrected chi connectivity index (χ0v) is 18.4. The van der Waals surface area contributed by atoms with Gasteiger partial charge in [0, 0.05) is 25.8 Å². The van der Waals surface area contributed by atoms with E-state index in [0.29, 0.717) is 6.54 Å². The van der Waals surface area contributed by atoms with Crippen LogP contribution in [0.4, 0.5) is 10.5 Å². The van der Waals surface area contributed by atoms with Gasteiger partial charge in [0.1, 0.15) is 0 Å². The average Bonchev–Trinajstić information content (AvgIpc) is 3.31. The highest BCUT2D eigenvalue weighted by atomic mass is 16.2. The SMILES string of the molecule is Cc1ccc(N2CCN3C2=NC2C3C(=O)N(Cc3ccccc3C)C(=O)N2C)c(C)c1. The first-order valence-corrected chi connectivity index (χ1v) is 10.7. The number of amides is 3. The van der Waals surface area contributed by atoms with Crippen molar-refractivity contribution in [3.63, 3.8) is 0 Å². The summed E-state index contributed by atoms with van der Waals surface area (Å²) in [4.78, 5) is 38.7. The van der Waals surface area contributed by atoms with Crippen LogP contribution in [0.25, 0.3) is 0 Å². The van der Waals surface area contributed by atoms with Gasteiger partial charge in [-0.05, 0) is 43.5 Å². The molecule has 2 unspecified atom stereocenters. The average molecular weight is 418 g/mol. The van der Waals surface area contributed by atoms with E-state index in [2.05, 4.69) is 41.8 Å². The Morgan fingerprint density at radius 3 is 2.52 bits per heavy atom. The van der Waals surface area contributed by atoms with Crippen LogP contribution in [-0.4, -0.2) is 64.9 Å². The maximum absolute atomic E-state index is 13.5. The van der Waals surface area contributed by atoms with Crippen LogP contribution in [0.1, 0.15) is 22.3 Å². The molecule has 3 amide bonds. The minimum absolute atomic E-state index is 0.169. The number of likely N-dealkylation sites (N-methyl/N-ethyl adjacent to an activating group) is 1. The normalized spacial score (nSPS) is 22.8. The van der Waals surface area contributed by atoms with Gasteiger partial charge >= 0.3 is 6.03 Å². The van der Waals surface area contributed by atoms with E-state index >= 15 is 0 Å². The Labute approximate surface area is 182 Å². The summed E-state index contributed by atoms with van der Waals surface area (Å²) in [6.07, 6.45) is -0.489. The van der Waals surface area contributed by atoms with Crippen molar-refractivity contribution in [2.24, 2.45) is 4.99 Å². The monoisotopic (exact) mass is 417 g/mol. The summed E-state index contributed by atoms with van der Waals surface area (Å²) in [5.74, 6) is 0.616. The maximum atomic E-state index is 13.5. The van der Waals surface area contributed by atoms with E-state index in [4.69, 9.17) is 4.99 Å². The molecule has 3 heterocycles. The number of fused-ring (bicyclic) bond motifs is 3. The molecule has 2 fully saturated rings. The number of nitrogens with zero attached hydrogens (tertiary/aromatic N) is 5. The minimum atomic E-state index is -0.489. The van der Waals surface area contributed by atoms with Crippen molar-refractivity contribution in [3.05, 3.63) is 64.7 Å². The van der Waals surface area contributed by atoms with Crippen molar-refractivity contribution in [1.82, 2.24) is 14.7 Å². The number of guanidine groups is 1. The Morgan fingerprint density at radius 2 is 1.77 bits per heavy atom. The topological polar surface area (TPSA) is 59.5 Å². The number of rotatable bonds is 3. The Kier molecular flexibility index (Phi) is 4.50. The summed E-state index contributed by atoms with van der Waals surface area (Å²) in [7, 11) is 1.74. The number of aliphatic imine (C=N–C) groups is 1. The summed E-state index contributed by atoms with van der Waals surface area (Å²) in [5, 5.41) is 0. The highest BCUT2D eigenvalue weighted by Crippen LogP contribution is 2.35. The Balaban J connectivity index is 1.46. The number of aryl methyl sites for hydroxylation is 3. The highest BCUT2D eigenvalue weighted by molar-refractivity contribution is 6.08. The summed E-state index contributed by atoms with van der Waals surface area (Å²) in [6, 6.07) is 13.5. The van der Waals surface area contributed by atoms with Crippen LogP contribution in [0.5, 0.6) is 0 Å². The quantitative estimate of drug-likeness (QED) is 0.771. The summed E-state index contributed by atoms with van der Waals surface area (Å²) >= 11 is 0. The minimum Gasteiger partial charge on any atom is -0.325 e. The largest absolute Gasteiger partial charge is 0.328 e. The number of hydrogen-bond donors (Lipinski definition) is 0. The van der Waals surface area contributed by atoms with Gasteiger partial charge in [0.15, 0.2) is 12.2 Å². The molecular formula is C24H27N5O2. The van der Waals surface area contributed by atoms with E-state index in [9.17, 15) is 9.59 Å². The standard InChI is InChI=1S/C24H27N5O2/c1-15-9-10-19(17(3)13-15)27-11-12-28-20-21(25-23(27)28)26(4)24(31)29(22(20)30)14-18-8-6-5-7-16(18)2/h5-10,13,20-21H,11-12,14H2,1-4H3. The molecule has 7 nitrogen and oxygen atoms in total. The van der Waals surface area contributed by atoms with Gasteiger partial charge in [0.25, 0.3) is 5.91 Å². The lowest BCUT2D eigenvalue weighted by atomic mass is 10.1. The molecule has 160 valence electrons. The lowest BCUT2D eigenvalue weighted by Gasteiger charge is -2.40. The van der Waals surface area contributed by atoms with E-state index in [-0.39, 0.29) is 18.5 Å². The Hall–Kier alpha value is -3.35. The van der Waals surface area contributed by atoms with Crippen molar-refractivity contribution >= 4 is 23.6 Å². The predicted molar refractivity (Wildman–Crippen MR) is 120 cm³/mol. The van der Waals surface area contributed by atoms with E-state index in [1.807, 2.05) is 31.2 Å². The lowest BCUT2D eigenvalue weighted by molar-refractivity contribution is -0.137. The van der Waals surface area contributed by atoms with Crippen molar-refractivity contribution in [2.45, 2.75) is 39.5 Å². The van der Waals surface area contributed by atoms with Gasteiger partial charge in [-0.15, -0.1) is 0 Å². The number of carbonyl (C=O) groups is 2. The van der Waals surface area contributed by atoms with Crippen molar-refractivity contribution in [1.29, 1.82) is 0 Å². The molecule has 5 rings (SSSR count). The Bertz CT molecular complexity index is 1110. The van der Waals surface area contributed by atoms with E-state index in [1.165, 1.54) is 16.0 Å². The molecule has 3 aliphatic heterocycles. The van der Waals surface area contributed by atoms with Gasteiger partial charge in [-0.3, -0.25) is 9.69 Å². The molecule has 7 heteroatoms. The van der Waals surface area contributed by atoms with Crippen LogP contribution in [0.2, 0.25) is 0 Å². The van der Waals surface area contributed by atoms with Crippen molar-refractivity contribution in [3.8, 4) is 0 Å². The molecule has 0 aromatic heterocycles. The second kappa shape index (κ2) is 7.11. The second-order valence-electron chi connectivity index (χ2n) is 8.67. The van der Waals surface area contributed by atoms with E-state index in [0.717, 1.165) is 29.3 Å². The van der Waals surface area contributed by atoms with Gasteiger partial charge in [0.2, 0.25) is 5.96 Å². The van der Waals surface area contributed by atoms with Crippen LogP contribution in [0, 0.1) is 20.8 Å². The fourth-order valence-corrected chi connectivity index (χ4v) is 4.88.